The molecule has 92 valence electrons. The molecule has 1 aliphatic heterocycles. The molecule has 1 atom stereocenters. The molecule has 0 aliphatic carbocycles. The van der Waals surface area contributed by atoms with Gasteiger partial charge >= 0.3 is 5.97 Å². The Bertz CT molecular complexity index is 369. The lowest BCUT2D eigenvalue weighted by molar-refractivity contribution is 0.0386. The summed E-state index contributed by atoms with van der Waals surface area (Å²) in [4.78, 5) is 11.5. The molecule has 0 saturated carbocycles. The maximum Gasteiger partial charge on any atom is 0.338 e. The van der Waals surface area contributed by atoms with E-state index in [4.69, 9.17) is 9.47 Å². The van der Waals surface area contributed by atoms with Crippen LogP contribution in [0.15, 0.2) is 24.3 Å². The summed E-state index contributed by atoms with van der Waals surface area (Å²) in [6.45, 7) is 1.15. The Balaban J connectivity index is 1.75. The van der Waals surface area contributed by atoms with Crippen molar-refractivity contribution in [3.8, 4) is 0 Å². The van der Waals surface area contributed by atoms with E-state index in [9.17, 15) is 9.18 Å². The van der Waals surface area contributed by atoms with Gasteiger partial charge in [-0.25, -0.2) is 9.18 Å². The largest absolute Gasteiger partial charge is 0.462 e. The minimum Gasteiger partial charge on any atom is -0.462 e. The van der Waals surface area contributed by atoms with Gasteiger partial charge in [0, 0.05) is 13.0 Å². The Labute approximate surface area is 99.5 Å². The van der Waals surface area contributed by atoms with E-state index < -0.39 is 5.97 Å². The second-order valence-electron chi connectivity index (χ2n) is 4.07. The third kappa shape index (κ3) is 3.53. The average Bonchev–Trinajstić information content (AvgIpc) is 2.83. The number of rotatable bonds is 4. The third-order valence-electron chi connectivity index (χ3n) is 2.78. The first-order valence-corrected chi connectivity index (χ1v) is 5.80. The summed E-state index contributed by atoms with van der Waals surface area (Å²) in [5.41, 5.74) is 0.374. The molecule has 4 heteroatoms. The van der Waals surface area contributed by atoms with Gasteiger partial charge in [0.1, 0.15) is 5.82 Å². The fourth-order valence-electron chi connectivity index (χ4n) is 1.82. The first kappa shape index (κ1) is 12.0. The fourth-order valence-corrected chi connectivity index (χ4v) is 1.82. The molecule has 1 heterocycles. The number of hydrogen-bond donors (Lipinski definition) is 0. The van der Waals surface area contributed by atoms with E-state index in [1.807, 2.05) is 0 Å². The van der Waals surface area contributed by atoms with Crippen LogP contribution in [0.2, 0.25) is 0 Å². The Morgan fingerprint density at radius 2 is 2.18 bits per heavy atom. The van der Waals surface area contributed by atoms with Crippen LogP contribution in [0.5, 0.6) is 0 Å². The van der Waals surface area contributed by atoms with Crippen molar-refractivity contribution in [2.75, 3.05) is 13.2 Å². The van der Waals surface area contributed by atoms with Crippen molar-refractivity contribution >= 4 is 5.97 Å². The molecule has 1 fully saturated rings. The standard InChI is InChI=1S/C13H15FO3/c14-11-5-3-10(4-6-11)13(15)17-9-7-12-2-1-8-16-12/h3-6,12H,1-2,7-9H2/t12-/m0/s1. The SMILES string of the molecule is O=C(OCC[C@@H]1CCCO1)c1ccc(F)cc1. The molecule has 17 heavy (non-hydrogen) atoms. The van der Waals surface area contributed by atoms with Gasteiger partial charge in [-0.2, -0.15) is 0 Å². The van der Waals surface area contributed by atoms with Crippen molar-refractivity contribution in [2.45, 2.75) is 25.4 Å². The molecule has 1 aliphatic rings. The lowest BCUT2D eigenvalue weighted by atomic mass is 10.2. The molecule has 1 saturated heterocycles. The van der Waals surface area contributed by atoms with Crippen molar-refractivity contribution in [2.24, 2.45) is 0 Å². The van der Waals surface area contributed by atoms with Gasteiger partial charge in [0.05, 0.1) is 18.3 Å². The highest BCUT2D eigenvalue weighted by Gasteiger charge is 2.16. The summed E-state index contributed by atoms with van der Waals surface area (Å²) >= 11 is 0. The zero-order valence-corrected chi connectivity index (χ0v) is 9.52. The molecule has 0 amide bonds. The summed E-state index contributed by atoms with van der Waals surface area (Å²) in [7, 11) is 0. The molecule has 3 nitrogen and oxygen atoms in total. The van der Waals surface area contributed by atoms with Crippen molar-refractivity contribution in [3.05, 3.63) is 35.6 Å². The number of ether oxygens (including phenoxy) is 2. The predicted octanol–water partition coefficient (Wildman–Crippen LogP) is 2.55. The zero-order chi connectivity index (χ0) is 12.1. The number of hydrogen-bond acceptors (Lipinski definition) is 3. The summed E-state index contributed by atoms with van der Waals surface area (Å²) in [6, 6.07) is 5.33. The molecule has 0 radical (unpaired) electrons. The van der Waals surface area contributed by atoms with Crippen LogP contribution in [0.1, 0.15) is 29.6 Å². The number of carbonyl (C=O) groups is 1. The molecular formula is C13H15FO3. The van der Waals surface area contributed by atoms with Crippen molar-refractivity contribution in [1.82, 2.24) is 0 Å². The molecule has 1 aromatic rings. The summed E-state index contributed by atoms with van der Waals surface area (Å²) in [6.07, 6.45) is 3.06. The van der Waals surface area contributed by atoms with Crippen LogP contribution in [-0.4, -0.2) is 25.3 Å². The second-order valence-corrected chi connectivity index (χ2v) is 4.07. The van der Waals surface area contributed by atoms with Crippen LogP contribution in [0, 0.1) is 5.82 Å². The van der Waals surface area contributed by atoms with Crippen molar-refractivity contribution in [1.29, 1.82) is 0 Å². The van der Waals surface area contributed by atoms with E-state index in [2.05, 4.69) is 0 Å². The first-order chi connectivity index (χ1) is 8.25. The van der Waals surface area contributed by atoms with Gasteiger partial charge in [-0.1, -0.05) is 0 Å². The van der Waals surface area contributed by atoms with Crippen LogP contribution >= 0.6 is 0 Å². The maximum absolute atomic E-state index is 12.6. The minimum atomic E-state index is -0.414. The second kappa shape index (κ2) is 5.77. The monoisotopic (exact) mass is 238 g/mol. The molecular weight excluding hydrogens is 223 g/mol. The number of carbonyl (C=O) groups excluding carboxylic acids is 1. The molecule has 0 bridgehead atoms. The number of benzene rings is 1. The zero-order valence-electron chi connectivity index (χ0n) is 9.52. The Kier molecular flexibility index (Phi) is 4.09. The summed E-state index contributed by atoms with van der Waals surface area (Å²) < 4.78 is 23.1. The van der Waals surface area contributed by atoms with E-state index >= 15 is 0 Å². The van der Waals surface area contributed by atoms with Gasteiger partial charge in [-0.05, 0) is 37.1 Å². The Hall–Kier alpha value is -1.42. The Morgan fingerprint density at radius 1 is 1.41 bits per heavy atom. The number of halogens is 1. The van der Waals surface area contributed by atoms with E-state index in [0.717, 1.165) is 25.9 Å². The predicted molar refractivity (Wildman–Crippen MR) is 60.3 cm³/mol. The van der Waals surface area contributed by atoms with Crippen molar-refractivity contribution in [3.63, 3.8) is 0 Å². The normalized spacial score (nSPS) is 19.2. The summed E-state index contributed by atoms with van der Waals surface area (Å²) in [5.74, 6) is -0.774. The Morgan fingerprint density at radius 3 is 2.82 bits per heavy atom. The van der Waals surface area contributed by atoms with E-state index in [1.54, 1.807) is 0 Å². The van der Waals surface area contributed by atoms with Crippen LogP contribution in [0.4, 0.5) is 4.39 Å². The van der Waals surface area contributed by atoms with Crippen LogP contribution in [0.3, 0.4) is 0 Å². The van der Waals surface area contributed by atoms with E-state index in [1.165, 1.54) is 24.3 Å². The van der Waals surface area contributed by atoms with Crippen LogP contribution in [0.25, 0.3) is 0 Å². The average molecular weight is 238 g/mol. The van der Waals surface area contributed by atoms with Gasteiger partial charge in [-0.3, -0.25) is 0 Å². The fraction of sp³-hybridized carbons (Fsp3) is 0.462. The van der Waals surface area contributed by atoms with Gasteiger partial charge in [0.2, 0.25) is 0 Å². The number of esters is 1. The highest BCUT2D eigenvalue weighted by Crippen LogP contribution is 2.15. The molecule has 1 aromatic carbocycles. The van der Waals surface area contributed by atoms with Gasteiger partial charge in [0.25, 0.3) is 0 Å². The smallest absolute Gasteiger partial charge is 0.338 e. The lowest BCUT2D eigenvalue weighted by Gasteiger charge is -2.09. The van der Waals surface area contributed by atoms with Gasteiger partial charge in [-0.15, -0.1) is 0 Å². The van der Waals surface area contributed by atoms with Crippen LogP contribution < -0.4 is 0 Å². The highest BCUT2D eigenvalue weighted by molar-refractivity contribution is 5.89. The maximum atomic E-state index is 12.6. The molecule has 0 N–H and O–H groups in total. The third-order valence-corrected chi connectivity index (χ3v) is 2.78. The van der Waals surface area contributed by atoms with Gasteiger partial charge in [0.15, 0.2) is 0 Å². The minimum absolute atomic E-state index is 0.219. The van der Waals surface area contributed by atoms with Crippen molar-refractivity contribution < 1.29 is 18.7 Å². The highest BCUT2D eigenvalue weighted by atomic mass is 19.1. The molecule has 0 aromatic heterocycles. The quantitative estimate of drug-likeness (QED) is 0.756. The molecule has 2 rings (SSSR count). The van der Waals surface area contributed by atoms with E-state index in [0.29, 0.717) is 12.2 Å². The van der Waals surface area contributed by atoms with Gasteiger partial charge < -0.3 is 9.47 Å². The summed E-state index contributed by atoms with van der Waals surface area (Å²) in [5, 5.41) is 0. The molecule has 0 spiro atoms. The van der Waals surface area contributed by atoms with Crippen LogP contribution in [-0.2, 0) is 9.47 Å². The topological polar surface area (TPSA) is 35.5 Å². The lowest BCUT2D eigenvalue weighted by Crippen LogP contribution is -2.12. The van der Waals surface area contributed by atoms with E-state index in [-0.39, 0.29) is 11.9 Å². The molecule has 0 unspecified atom stereocenters. The first-order valence-electron chi connectivity index (χ1n) is 5.80.